The van der Waals surface area contributed by atoms with E-state index in [9.17, 15) is 34.1 Å². The number of fused-ring (bicyclic) bond motifs is 10. The summed E-state index contributed by atoms with van der Waals surface area (Å²) in [6.07, 6.45) is -2.14. The Morgan fingerprint density at radius 3 is 1.67 bits per heavy atom. The SMILES string of the molecule is C[C@@H]1CC2C3C[C@H](F)C4=CC(=O)C=C[C@]4(C)[C@@]3(F)[C@@H](O)C[C@]2(C)[C@@]1(O)C(=O)O[C@]1(C(=O)SCF)[C@H](C)CC2C3C[C@H](F)C4=CC(=O)C=C[C@]4(C)[C@@]3(F)[C@@H](O)C[C@@]21C. The van der Waals surface area contributed by atoms with E-state index in [2.05, 4.69) is 0 Å². The molecule has 8 aliphatic carbocycles. The fraction of sp³-hybridized carbons (Fsp3) is 0.721. The largest absolute Gasteiger partial charge is 0.447 e. The summed E-state index contributed by atoms with van der Waals surface area (Å²) in [5.74, 6) is -8.56. The van der Waals surface area contributed by atoms with Gasteiger partial charge in [-0.2, -0.15) is 0 Å². The minimum absolute atomic E-state index is 0.00122. The van der Waals surface area contributed by atoms with Gasteiger partial charge in [-0.05, 0) is 117 Å². The van der Waals surface area contributed by atoms with Crippen molar-refractivity contribution >= 4 is 34.4 Å². The van der Waals surface area contributed by atoms with Gasteiger partial charge in [0.05, 0.1) is 12.2 Å². The van der Waals surface area contributed by atoms with E-state index in [0.717, 1.165) is 24.3 Å². The summed E-state index contributed by atoms with van der Waals surface area (Å²) < 4.78 is 88.7. The smallest absolute Gasteiger partial charge is 0.340 e. The van der Waals surface area contributed by atoms with Crippen molar-refractivity contribution in [1.29, 1.82) is 0 Å². The van der Waals surface area contributed by atoms with Crippen molar-refractivity contribution < 1.29 is 61.2 Å². The number of aliphatic hydroxyl groups is 3. The second-order valence-electron chi connectivity index (χ2n) is 19.4. The number of carbonyl (C=O) groups is 4. The highest BCUT2D eigenvalue weighted by molar-refractivity contribution is 8.13. The lowest BCUT2D eigenvalue weighted by molar-refractivity contribution is -0.250. The molecule has 57 heavy (non-hydrogen) atoms. The van der Waals surface area contributed by atoms with Gasteiger partial charge in [-0.15, -0.1) is 0 Å². The van der Waals surface area contributed by atoms with Crippen molar-refractivity contribution in [1.82, 2.24) is 0 Å². The Labute approximate surface area is 332 Å². The molecule has 0 aromatic heterocycles. The summed E-state index contributed by atoms with van der Waals surface area (Å²) in [5.41, 5.74) is -16.7. The van der Waals surface area contributed by atoms with Gasteiger partial charge >= 0.3 is 5.97 Å². The predicted octanol–water partition coefficient (Wildman–Crippen LogP) is 6.32. The van der Waals surface area contributed by atoms with Gasteiger partial charge in [-0.1, -0.05) is 39.8 Å². The van der Waals surface area contributed by atoms with Crippen LogP contribution in [0.15, 0.2) is 47.6 Å². The third kappa shape index (κ3) is 4.57. The summed E-state index contributed by atoms with van der Waals surface area (Å²) in [5, 5.41) is 35.7. The van der Waals surface area contributed by atoms with E-state index in [4.69, 9.17) is 4.74 Å². The second-order valence-corrected chi connectivity index (χ2v) is 20.3. The second kappa shape index (κ2) is 12.4. The van der Waals surface area contributed by atoms with Crippen LogP contribution in [0.4, 0.5) is 22.0 Å². The molecule has 0 heterocycles. The van der Waals surface area contributed by atoms with Crippen molar-refractivity contribution in [3.8, 4) is 0 Å². The zero-order valence-electron chi connectivity index (χ0n) is 32.9. The van der Waals surface area contributed by atoms with Crippen LogP contribution in [0, 0.1) is 57.2 Å². The maximum atomic E-state index is 18.0. The maximum absolute atomic E-state index is 18.0. The molecule has 0 bridgehead atoms. The molecule has 8 rings (SSSR count). The first-order chi connectivity index (χ1) is 26.4. The van der Waals surface area contributed by atoms with E-state index in [0.29, 0.717) is 0 Å². The molecule has 4 unspecified atom stereocenters. The minimum Gasteiger partial charge on any atom is -0.447 e. The lowest BCUT2D eigenvalue weighted by Crippen LogP contribution is -2.72. The number of esters is 1. The molecule has 0 amide bonds. The normalized spacial score (nSPS) is 54.7. The van der Waals surface area contributed by atoms with Crippen molar-refractivity contribution in [2.45, 2.75) is 127 Å². The van der Waals surface area contributed by atoms with Gasteiger partial charge in [0.2, 0.25) is 5.12 Å². The van der Waals surface area contributed by atoms with Gasteiger partial charge in [-0.25, -0.2) is 26.7 Å². The lowest BCUT2D eigenvalue weighted by atomic mass is 9.44. The topological polar surface area (TPSA) is 138 Å². The third-order valence-electron chi connectivity index (χ3n) is 17.4. The average molecular weight is 823 g/mol. The monoisotopic (exact) mass is 822 g/mol. The summed E-state index contributed by atoms with van der Waals surface area (Å²) >= 11 is 0.226. The predicted molar refractivity (Wildman–Crippen MR) is 199 cm³/mol. The fourth-order valence-electron chi connectivity index (χ4n) is 14.6. The molecule has 8 aliphatic rings. The molecule has 18 atom stereocenters. The maximum Gasteiger partial charge on any atom is 0.340 e. The van der Waals surface area contributed by atoms with Crippen LogP contribution in [0.25, 0.3) is 0 Å². The summed E-state index contributed by atoms with van der Waals surface area (Å²) in [6.45, 7) is 9.05. The van der Waals surface area contributed by atoms with E-state index in [1.165, 1.54) is 32.9 Å². The van der Waals surface area contributed by atoms with Gasteiger partial charge in [0, 0.05) is 39.4 Å². The summed E-state index contributed by atoms with van der Waals surface area (Å²) in [6, 6.07) is -1.23. The molecule has 312 valence electrons. The third-order valence-corrected chi connectivity index (χ3v) is 18.1. The zero-order valence-corrected chi connectivity index (χ0v) is 33.7. The number of hydrogen-bond acceptors (Lipinski definition) is 9. The van der Waals surface area contributed by atoms with Gasteiger partial charge in [-0.3, -0.25) is 14.4 Å². The number of ether oxygens (including phenoxy) is 1. The van der Waals surface area contributed by atoms with E-state index >= 15 is 22.4 Å². The van der Waals surface area contributed by atoms with Crippen molar-refractivity contribution in [3.05, 3.63) is 47.6 Å². The first-order valence-corrected chi connectivity index (χ1v) is 21.0. The fourth-order valence-corrected chi connectivity index (χ4v) is 15.4. The zero-order chi connectivity index (χ0) is 41.8. The molecule has 0 radical (unpaired) electrons. The molecule has 0 saturated heterocycles. The molecule has 6 fully saturated rings. The molecule has 6 saturated carbocycles. The molecular weight excluding hydrogens is 772 g/mol. The van der Waals surface area contributed by atoms with E-state index in [1.807, 2.05) is 0 Å². The number of halogens is 5. The van der Waals surface area contributed by atoms with E-state index in [1.54, 1.807) is 20.8 Å². The number of hydrogen-bond donors (Lipinski definition) is 3. The van der Waals surface area contributed by atoms with Gasteiger partial charge in [0.25, 0.3) is 0 Å². The van der Waals surface area contributed by atoms with E-state index in [-0.39, 0.29) is 35.7 Å². The molecule has 0 aromatic rings. The van der Waals surface area contributed by atoms with Crippen molar-refractivity contribution in [3.63, 3.8) is 0 Å². The number of thioether (sulfide) groups is 1. The van der Waals surface area contributed by atoms with Crippen molar-refractivity contribution in [2.75, 3.05) is 6.01 Å². The van der Waals surface area contributed by atoms with Crippen LogP contribution in [0.3, 0.4) is 0 Å². The van der Waals surface area contributed by atoms with Crippen LogP contribution in [-0.2, 0) is 23.9 Å². The van der Waals surface area contributed by atoms with Crippen LogP contribution >= 0.6 is 11.8 Å². The molecule has 8 nitrogen and oxygen atoms in total. The van der Waals surface area contributed by atoms with Crippen molar-refractivity contribution in [2.24, 2.45) is 57.2 Å². The Hall–Kier alpha value is -2.68. The molecule has 0 aliphatic heterocycles. The summed E-state index contributed by atoms with van der Waals surface area (Å²) in [4.78, 5) is 54.1. The number of aliphatic hydroxyl groups excluding tert-OH is 2. The van der Waals surface area contributed by atoms with Crippen LogP contribution in [0.5, 0.6) is 0 Å². The Bertz CT molecular complexity index is 1970. The van der Waals surface area contributed by atoms with E-state index < -0.39 is 159 Å². The van der Waals surface area contributed by atoms with Gasteiger partial charge in [0.1, 0.15) is 18.3 Å². The quantitative estimate of drug-likeness (QED) is 0.220. The minimum atomic E-state index is -2.52. The molecule has 14 heteroatoms. The van der Waals surface area contributed by atoms with Crippen LogP contribution in [0.1, 0.15) is 80.1 Å². The highest BCUT2D eigenvalue weighted by Gasteiger charge is 2.81. The number of rotatable bonds is 4. The van der Waals surface area contributed by atoms with Crippen LogP contribution < -0.4 is 0 Å². The molecule has 0 spiro atoms. The average Bonchev–Trinajstić information content (AvgIpc) is 3.48. The Balaban J connectivity index is 1.19. The first kappa shape index (κ1) is 41.1. The number of allylic oxidation sites excluding steroid dienone is 8. The first-order valence-electron chi connectivity index (χ1n) is 20.0. The molecule has 0 aromatic carbocycles. The molecular formula is C43H51F5O8S. The number of alkyl halides is 5. The van der Waals surface area contributed by atoms with Gasteiger partial charge in [0.15, 0.2) is 34.1 Å². The standard InChI is InChI=1S/C43H51F5O8S/c1-20-11-24-26-15-30(45)28-13-22(49)7-9-36(28,3)40(26,47)32(51)17-38(24,5)42(20,55)34(53)56-43(35(54)57-19-44)21(2)12-25-27-16-31(46)29-14-23(50)8-10-37(29,4)41(27,48)33(52)18-39(25,43)6/h7-10,13-14,20-21,24-27,30-33,51-52,55H,11-12,15-19H2,1-6H3/t20-,21-,24?,25?,26?,27?,30+,31+,32+,33+,36+,37+,38+,39+,40+,41+,42+,43+/m1/s1. The Kier molecular flexibility index (Phi) is 8.96. The van der Waals surface area contributed by atoms with Crippen LogP contribution in [0.2, 0.25) is 0 Å². The Morgan fingerprint density at radius 1 is 0.754 bits per heavy atom. The summed E-state index contributed by atoms with van der Waals surface area (Å²) in [7, 11) is 0. The Morgan fingerprint density at radius 2 is 1.19 bits per heavy atom. The molecule has 3 N–H and O–H groups in total. The van der Waals surface area contributed by atoms with Crippen LogP contribution in [-0.4, -0.2) is 91.1 Å². The highest BCUT2D eigenvalue weighted by Crippen LogP contribution is 2.74. The number of carbonyl (C=O) groups excluding carboxylic acids is 4. The van der Waals surface area contributed by atoms with Gasteiger partial charge < -0.3 is 20.1 Å². The highest BCUT2D eigenvalue weighted by atomic mass is 32.2. The lowest BCUT2D eigenvalue weighted by Gasteiger charge is -2.63. The number of ketones is 2.